The first kappa shape index (κ1) is 29.9. The summed E-state index contributed by atoms with van der Waals surface area (Å²) in [6, 6.07) is 3.70. The molecule has 0 spiro atoms. The van der Waals surface area contributed by atoms with E-state index in [1.54, 1.807) is 13.8 Å². The van der Waals surface area contributed by atoms with Gasteiger partial charge < -0.3 is 26.8 Å². The molecule has 0 unspecified atom stereocenters. The first-order chi connectivity index (χ1) is 16.4. The van der Waals surface area contributed by atoms with Crippen molar-refractivity contribution in [2.75, 3.05) is 19.8 Å². The number of benzene rings is 1. The minimum atomic E-state index is -4.56. The summed E-state index contributed by atoms with van der Waals surface area (Å²) in [6.07, 6.45) is 0. The monoisotopic (exact) mass is 548 g/mol. The van der Waals surface area contributed by atoms with Crippen LogP contribution in [0.3, 0.4) is 0 Å². The summed E-state index contributed by atoms with van der Waals surface area (Å²) in [5, 5.41) is 0. The molecule has 0 amide bonds. The number of hydrogen-bond acceptors (Lipinski definition) is 13. The second kappa shape index (κ2) is 14.3. The fraction of sp³-hybridized carbons (Fsp3) is 0.286. The normalized spacial score (nSPS) is 10.5. The van der Waals surface area contributed by atoms with Crippen molar-refractivity contribution in [2.45, 2.75) is 35.5 Å². The van der Waals surface area contributed by atoms with Crippen molar-refractivity contribution in [3.05, 3.63) is 55.2 Å². The van der Waals surface area contributed by atoms with Crippen LogP contribution in [0.5, 0.6) is 0 Å². The Bertz CT molecular complexity index is 1040. The summed E-state index contributed by atoms with van der Waals surface area (Å²) >= 11 is 1.18. The van der Waals surface area contributed by atoms with Crippen molar-refractivity contribution in [1.82, 2.24) is 0 Å². The van der Waals surface area contributed by atoms with Gasteiger partial charge in [-0.3, -0.25) is 0 Å². The van der Waals surface area contributed by atoms with E-state index in [2.05, 4.69) is 24.5 Å². The lowest BCUT2D eigenvalue weighted by Crippen LogP contribution is -2.14. The molecule has 0 radical (unpaired) electrons. The van der Waals surface area contributed by atoms with Gasteiger partial charge in [-0.15, -0.1) is 0 Å². The Morgan fingerprint density at radius 1 is 0.714 bits per heavy atom. The molecular weight excluding hydrogens is 524 g/mol. The van der Waals surface area contributed by atoms with E-state index in [4.69, 9.17) is 22.0 Å². The molecule has 11 nitrogen and oxygen atoms in total. The molecule has 0 bridgehead atoms. The molecule has 0 saturated carbocycles. The highest BCUT2D eigenvalue weighted by molar-refractivity contribution is 7.95. The molecule has 14 heteroatoms. The van der Waals surface area contributed by atoms with E-state index in [9.17, 15) is 22.8 Å². The van der Waals surface area contributed by atoms with Crippen LogP contribution in [0.2, 0.25) is 0 Å². The summed E-state index contributed by atoms with van der Waals surface area (Å²) in [6.45, 7) is 15.1. The average Bonchev–Trinajstić information content (AvgIpc) is 2.80. The number of esters is 3. The van der Waals surface area contributed by atoms with E-state index in [-0.39, 0.29) is 41.1 Å². The second-order valence-electron chi connectivity index (χ2n) is 5.94. The molecule has 0 aliphatic carbocycles. The Kier molecular flexibility index (Phi) is 12.3. The summed E-state index contributed by atoms with van der Waals surface area (Å²) < 4.78 is 54.8. The highest BCUT2D eigenvalue weighted by Gasteiger charge is 2.24. The molecule has 0 atom stereocenters. The number of hydrogen-bond donors (Lipinski definition) is 0. The van der Waals surface area contributed by atoms with Crippen molar-refractivity contribution in [3.63, 3.8) is 0 Å². The molecular formula is C21H24O11S3. The molecule has 0 heterocycles. The number of carbonyl (C=O) groups excluding carboxylic acids is 3. The van der Waals surface area contributed by atoms with Gasteiger partial charge in [0.15, 0.2) is 0 Å². The third kappa shape index (κ3) is 9.96. The van der Waals surface area contributed by atoms with Crippen LogP contribution < -0.4 is 0 Å². The van der Waals surface area contributed by atoms with Crippen molar-refractivity contribution in [3.8, 4) is 0 Å². The molecule has 0 saturated heterocycles. The Morgan fingerprint density at radius 3 is 1.46 bits per heavy atom. The van der Waals surface area contributed by atoms with Gasteiger partial charge in [-0.05, 0) is 58.7 Å². The van der Waals surface area contributed by atoms with E-state index in [1.807, 2.05) is 0 Å². The molecule has 192 valence electrons. The van der Waals surface area contributed by atoms with E-state index >= 15 is 0 Å². The molecule has 1 aromatic rings. The van der Waals surface area contributed by atoms with Crippen molar-refractivity contribution in [2.24, 2.45) is 0 Å². The molecule has 0 aliphatic heterocycles. The average molecular weight is 549 g/mol. The van der Waals surface area contributed by atoms with Gasteiger partial charge in [0.2, 0.25) is 17.3 Å². The highest BCUT2D eigenvalue weighted by atomic mass is 32.2. The second-order valence-corrected chi connectivity index (χ2v) is 9.10. The summed E-state index contributed by atoms with van der Waals surface area (Å²) in [7, 11) is -4.56. The topological polar surface area (TPSA) is 141 Å². The molecule has 0 fully saturated rings. The number of ether oxygens (including phenoxy) is 3. The Labute approximate surface area is 212 Å². The van der Waals surface area contributed by atoms with Crippen LogP contribution in [-0.4, -0.2) is 46.1 Å². The molecule has 1 rings (SSSR count). The first-order valence-electron chi connectivity index (χ1n) is 9.81. The molecule has 1 aromatic carbocycles. The first-order valence-corrected chi connectivity index (χ1v) is 12.7. The van der Waals surface area contributed by atoms with E-state index in [0.717, 1.165) is 12.1 Å². The number of carbonyl (C=O) groups is 3. The van der Waals surface area contributed by atoms with Crippen LogP contribution in [0.4, 0.5) is 0 Å². The SMILES string of the molecule is C=C(OSc1cc(SOC(=C)C(=O)OCC)cc(S(=O)(=O)OC(=C)C(=O)OCC)c1)C(=O)OCC. The molecule has 0 N–H and O–H groups in total. The Hall–Kier alpha value is -3.10. The predicted octanol–water partition coefficient (Wildman–Crippen LogP) is 3.67. The third-order valence-electron chi connectivity index (χ3n) is 3.34. The standard InChI is InChI=1S/C21H24O11S3/c1-7-27-19(22)13(4)30-33-16-10-17(34-31-14(5)20(23)28-8-2)12-18(11-16)35(25,26)32-15(6)21(24)29-9-3/h10-12H,4-9H2,1-3H3. The maximum absolute atomic E-state index is 12.7. The Balaban J connectivity index is 3.20. The highest BCUT2D eigenvalue weighted by Crippen LogP contribution is 2.33. The van der Waals surface area contributed by atoms with E-state index < -0.39 is 38.7 Å². The van der Waals surface area contributed by atoms with Crippen molar-refractivity contribution < 1.29 is 49.6 Å². The lowest BCUT2D eigenvalue weighted by molar-refractivity contribution is -0.141. The summed E-state index contributed by atoms with van der Waals surface area (Å²) in [5.41, 5.74) is 0. The van der Waals surface area contributed by atoms with Crippen molar-refractivity contribution >= 4 is 52.1 Å². The predicted molar refractivity (Wildman–Crippen MR) is 126 cm³/mol. The van der Waals surface area contributed by atoms with Gasteiger partial charge in [-0.25, -0.2) is 14.4 Å². The van der Waals surface area contributed by atoms with Gasteiger partial charge in [0.05, 0.1) is 53.7 Å². The van der Waals surface area contributed by atoms with Gasteiger partial charge in [0, 0.05) is 0 Å². The van der Waals surface area contributed by atoms with Gasteiger partial charge in [0.1, 0.15) is 4.90 Å². The third-order valence-corrected chi connectivity index (χ3v) is 6.00. The lowest BCUT2D eigenvalue weighted by Gasteiger charge is -2.12. The smallest absolute Gasteiger partial charge is 0.374 e. The largest absolute Gasteiger partial charge is 0.460 e. The van der Waals surface area contributed by atoms with Crippen LogP contribution in [0.25, 0.3) is 0 Å². The zero-order valence-corrected chi connectivity index (χ0v) is 21.6. The van der Waals surface area contributed by atoms with Gasteiger partial charge in [0.25, 0.3) is 0 Å². The Morgan fingerprint density at radius 2 is 1.09 bits per heavy atom. The van der Waals surface area contributed by atoms with Gasteiger partial charge in [-0.2, -0.15) is 8.42 Å². The van der Waals surface area contributed by atoms with Crippen molar-refractivity contribution in [1.29, 1.82) is 0 Å². The molecule has 0 aliphatic rings. The maximum Gasteiger partial charge on any atom is 0.374 e. The quantitative estimate of drug-likeness (QED) is 0.0786. The molecule has 0 aromatic heterocycles. The minimum absolute atomic E-state index is 0.0163. The number of rotatable bonds is 15. The van der Waals surface area contributed by atoms with Crippen LogP contribution in [0.1, 0.15) is 20.8 Å². The fourth-order valence-electron chi connectivity index (χ4n) is 1.90. The van der Waals surface area contributed by atoms with Crippen LogP contribution in [-0.2, 0) is 51.3 Å². The van der Waals surface area contributed by atoms with E-state index in [1.165, 1.54) is 13.0 Å². The zero-order valence-electron chi connectivity index (χ0n) is 19.2. The van der Waals surface area contributed by atoms with Gasteiger partial charge in [-0.1, -0.05) is 0 Å². The van der Waals surface area contributed by atoms with Crippen LogP contribution in [0.15, 0.2) is 69.9 Å². The van der Waals surface area contributed by atoms with E-state index in [0.29, 0.717) is 24.1 Å². The molecule has 35 heavy (non-hydrogen) atoms. The maximum atomic E-state index is 12.7. The minimum Gasteiger partial charge on any atom is -0.460 e. The summed E-state index contributed by atoms with van der Waals surface area (Å²) in [4.78, 5) is 35.0. The van der Waals surface area contributed by atoms with Gasteiger partial charge >= 0.3 is 28.0 Å². The van der Waals surface area contributed by atoms with Crippen LogP contribution in [0, 0.1) is 0 Å². The fourth-order valence-corrected chi connectivity index (χ4v) is 4.33. The van der Waals surface area contributed by atoms with Crippen LogP contribution >= 0.6 is 24.1 Å². The lowest BCUT2D eigenvalue weighted by atomic mass is 10.4. The zero-order chi connectivity index (χ0) is 26.6. The summed E-state index contributed by atoms with van der Waals surface area (Å²) in [5.74, 6) is -4.09.